The molecular weight excluding hydrogens is 418 g/mol. The first-order valence-electron chi connectivity index (χ1n) is 9.07. The summed E-state index contributed by atoms with van der Waals surface area (Å²) in [5.74, 6) is -0.337. The van der Waals surface area contributed by atoms with Crippen LogP contribution < -0.4 is 4.72 Å². The normalized spacial score (nSPS) is 17.9. The predicted molar refractivity (Wildman–Crippen MR) is 109 cm³/mol. The fraction of sp³-hybridized carbons (Fsp3) is 0.500. The van der Waals surface area contributed by atoms with Crippen LogP contribution >= 0.6 is 0 Å². The molecule has 0 bridgehead atoms. The standard InChI is InChI=1S/C18H27N3O6S2/c1-4-28(23,24)19-13-15-9-10-21(14-15)29(25,26)17-7-5-16(6-8-17)18(22)20(2)11-12-27-3/h4-8,15,19H,1,9-14H2,2-3H3. The van der Waals surface area contributed by atoms with Gasteiger partial charge in [-0.25, -0.2) is 21.6 Å². The monoisotopic (exact) mass is 445 g/mol. The summed E-state index contributed by atoms with van der Waals surface area (Å²) in [7, 11) is -4.05. The summed E-state index contributed by atoms with van der Waals surface area (Å²) < 4.78 is 57.3. The Morgan fingerprint density at radius 1 is 1.31 bits per heavy atom. The summed E-state index contributed by atoms with van der Waals surface area (Å²) >= 11 is 0. The van der Waals surface area contributed by atoms with Crippen molar-refractivity contribution >= 4 is 26.0 Å². The maximum atomic E-state index is 12.9. The lowest BCUT2D eigenvalue weighted by Gasteiger charge is -2.18. The molecule has 1 aromatic rings. The third-order valence-electron chi connectivity index (χ3n) is 4.76. The Labute approximate surface area is 172 Å². The van der Waals surface area contributed by atoms with E-state index in [1.165, 1.54) is 33.5 Å². The molecule has 0 aliphatic carbocycles. The highest BCUT2D eigenvalue weighted by atomic mass is 32.2. The van der Waals surface area contributed by atoms with Crippen molar-refractivity contribution in [2.45, 2.75) is 11.3 Å². The fourth-order valence-corrected chi connectivity index (χ4v) is 5.06. The number of likely N-dealkylation sites (N-methyl/N-ethyl adjacent to an activating group) is 1. The Bertz CT molecular complexity index is 929. The first-order valence-corrected chi connectivity index (χ1v) is 12.1. The van der Waals surface area contributed by atoms with E-state index in [4.69, 9.17) is 4.74 Å². The number of nitrogens with zero attached hydrogens (tertiary/aromatic N) is 2. The summed E-state index contributed by atoms with van der Waals surface area (Å²) in [4.78, 5) is 13.9. The minimum Gasteiger partial charge on any atom is -0.383 e. The number of ether oxygens (including phenoxy) is 1. The van der Waals surface area contributed by atoms with Gasteiger partial charge in [0.25, 0.3) is 5.91 Å². The van der Waals surface area contributed by atoms with Gasteiger partial charge in [0.1, 0.15) is 0 Å². The molecule has 1 heterocycles. The van der Waals surface area contributed by atoms with Crippen molar-refractivity contribution in [3.63, 3.8) is 0 Å². The quantitative estimate of drug-likeness (QED) is 0.560. The number of carbonyl (C=O) groups is 1. The predicted octanol–water partition coefficient (Wildman–Crippen LogP) is 0.479. The number of hydrogen-bond acceptors (Lipinski definition) is 6. The molecular formula is C18H27N3O6S2. The SMILES string of the molecule is C=CS(=O)(=O)NCC1CCN(S(=O)(=O)c2ccc(C(=O)N(C)CCOC)cc2)C1. The highest BCUT2D eigenvalue weighted by Gasteiger charge is 2.33. The highest BCUT2D eigenvalue weighted by Crippen LogP contribution is 2.24. The van der Waals surface area contributed by atoms with E-state index >= 15 is 0 Å². The number of methoxy groups -OCH3 is 1. The third-order valence-corrected chi connectivity index (χ3v) is 7.64. The molecule has 9 nitrogen and oxygen atoms in total. The molecule has 1 atom stereocenters. The molecule has 1 N–H and O–H groups in total. The summed E-state index contributed by atoms with van der Waals surface area (Å²) in [6.45, 7) is 4.76. The number of hydrogen-bond donors (Lipinski definition) is 1. The van der Waals surface area contributed by atoms with Crippen LogP contribution in [0, 0.1) is 5.92 Å². The van der Waals surface area contributed by atoms with Crippen LogP contribution in [0.1, 0.15) is 16.8 Å². The zero-order valence-electron chi connectivity index (χ0n) is 16.6. The zero-order valence-corrected chi connectivity index (χ0v) is 18.2. The van der Waals surface area contributed by atoms with Crippen molar-refractivity contribution in [3.8, 4) is 0 Å². The third kappa shape index (κ3) is 6.09. The van der Waals surface area contributed by atoms with Gasteiger partial charge in [-0.2, -0.15) is 4.31 Å². The van der Waals surface area contributed by atoms with Gasteiger partial charge in [0.15, 0.2) is 0 Å². The van der Waals surface area contributed by atoms with Crippen LogP contribution in [0.15, 0.2) is 41.1 Å². The Hall–Kier alpha value is -1.79. The molecule has 2 rings (SSSR count). The molecule has 1 saturated heterocycles. The van der Waals surface area contributed by atoms with Gasteiger partial charge in [-0.05, 0) is 36.6 Å². The van der Waals surface area contributed by atoms with E-state index in [0.717, 1.165) is 5.41 Å². The zero-order chi connectivity index (χ0) is 21.7. The van der Waals surface area contributed by atoms with Crippen LogP contribution in [0.4, 0.5) is 0 Å². The van der Waals surface area contributed by atoms with Crippen molar-refractivity contribution in [2.75, 3.05) is 46.9 Å². The summed E-state index contributed by atoms with van der Waals surface area (Å²) in [5.41, 5.74) is 0.390. The lowest BCUT2D eigenvalue weighted by Crippen LogP contribution is -2.32. The number of rotatable bonds is 10. The average Bonchev–Trinajstić information content (AvgIpc) is 3.20. The van der Waals surface area contributed by atoms with E-state index in [9.17, 15) is 21.6 Å². The molecule has 29 heavy (non-hydrogen) atoms. The molecule has 0 saturated carbocycles. The molecule has 162 valence electrons. The van der Waals surface area contributed by atoms with Crippen LogP contribution in [0.3, 0.4) is 0 Å². The fourth-order valence-electron chi connectivity index (χ4n) is 2.94. The molecule has 0 radical (unpaired) electrons. The van der Waals surface area contributed by atoms with Crippen molar-refractivity contribution in [2.24, 2.45) is 5.92 Å². The molecule has 1 aliphatic rings. The van der Waals surface area contributed by atoms with E-state index in [1.807, 2.05) is 0 Å². The molecule has 1 fully saturated rings. The van der Waals surface area contributed by atoms with Crippen LogP contribution in [0.5, 0.6) is 0 Å². The highest BCUT2D eigenvalue weighted by molar-refractivity contribution is 7.92. The number of carbonyl (C=O) groups excluding carboxylic acids is 1. The first kappa shape index (κ1) is 23.5. The minimum absolute atomic E-state index is 0.0981. The van der Waals surface area contributed by atoms with E-state index in [1.54, 1.807) is 14.2 Å². The second kappa shape index (κ2) is 9.81. The number of sulfonamides is 2. The largest absolute Gasteiger partial charge is 0.383 e. The average molecular weight is 446 g/mol. The van der Waals surface area contributed by atoms with Gasteiger partial charge in [0.05, 0.1) is 11.5 Å². The van der Waals surface area contributed by atoms with Crippen molar-refractivity contribution in [1.29, 1.82) is 0 Å². The Morgan fingerprint density at radius 2 is 1.97 bits per heavy atom. The van der Waals surface area contributed by atoms with Gasteiger partial charge in [-0.3, -0.25) is 4.79 Å². The summed E-state index contributed by atoms with van der Waals surface area (Å²) in [5, 5.41) is 0.825. The molecule has 1 unspecified atom stereocenters. The van der Waals surface area contributed by atoms with Crippen LogP contribution in [0.2, 0.25) is 0 Å². The van der Waals surface area contributed by atoms with Gasteiger partial charge in [-0.1, -0.05) is 6.58 Å². The lowest BCUT2D eigenvalue weighted by atomic mass is 10.1. The van der Waals surface area contributed by atoms with E-state index < -0.39 is 20.0 Å². The van der Waals surface area contributed by atoms with Crippen molar-refractivity contribution in [1.82, 2.24) is 13.9 Å². The van der Waals surface area contributed by atoms with Crippen LogP contribution in [-0.4, -0.2) is 78.9 Å². The number of amides is 1. The Kier molecular flexibility index (Phi) is 7.94. The Balaban J connectivity index is 2.02. The van der Waals surface area contributed by atoms with Crippen LogP contribution in [-0.2, 0) is 24.8 Å². The van der Waals surface area contributed by atoms with Crippen LogP contribution in [0.25, 0.3) is 0 Å². The maximum absolute atomic E-state index is 12.9. The van der Waals surface area contributed by atoms with E-state index in [-0.39, 0.29) is 29.8 Å². The van der Waals surface area contributed by atoms with Gasteiger partial charge in [-0.15, -0.1) is 0 Å². The molecule has 1 aliphatic heterocycles. The second-order valence-electron chi connectivity index (χ2n) is 6.82. The molecule has 0 aromatic heterocycles. The number of nitrogens with one attached hydrogen (secondary N) is 1. The number of benzene rings is 1. The van der Waals surface area contributed by atoms with E-state index in [2.05, 4.69) is 11.3 Å². The van der Waals surface area contributed by atoms with Gasteiger partial charge < -0.3 is 9.64 Å². The second-order valence-corrected chi connectivity index (χ2v) is 10.5. The lowest BCUT2D eigenvalue weighted by molar-refractivity contribution is 0.0744. The van der Waals surface area contributed by atoms with Crippen molar-refractivity contribution < 1.29 is 26.4 Å². The van der Waals surface area contributed by atoms with E-state index in [0.29, 0.717) is 31.7 Å². The molecule has 1 aromatic carbocycles. The summed E-state index contributed by atoms with van der Waals surface area (Å²) in [6.07, 6.45) is 0.555. The minimum atomic E-state index is -3.72. The summed E-state index contributed by atoms with van der Waals surface area (Å²) in [6, 6.07) is 5.82. The topological polar surface area (TPSA) is 113 Å². The van der Waals surface area contributed by atoms with Gasteiger partial charge in [0, 0.05) is 51.3 Å². The van der Waals surface area contributed by atoms with Gasteiger partial charge in [0.2, 0.25) is 20.0 Å². The molecule has 0 spiro atoms. The van der Waals surface area contributed by atoms with Gasteiger partial charge >= 0.3 is 0 Å². The molecule has 11 heteroatoms. The van der Waals surface area contributed by atoms with Crippen molar-refractivity contribution in [3.05, 3.63) is 41.8 Å². The first-order chi connectivity index (χ1) is 13.6. The maximum Gasteiger partial charge on any atom is 0.253 e. The smallest absolute Gasteiger partial charge is 0.253 e. The molecule has 1 amide bonds. The Morgan fingerprint density at radius 3 is 2.55 bits per heavy atom.